The summed E-state index contributed by atoms with van der Waals surface area (Å²) in [6.45, 7) is 0.923. The maximum absolute atomic E-state index is 12.4. The van der Waals surface area contributed by atoms with Gasteiger partial charge in [0.15, 0.2) is 11.5 Å². The van der Waals surface area contributed by atoms with E-state index in [4.69, 9.17) is 9.47 Å². The predicted octanol–water partition coefficient (Wildman–Crippen LogP) is 1.90. The molecule has 0 saturated carbocycles. The summed E-state index contributed by atoms with van der Waals surface area (Å²) in [6.07, 6.45) is 1.64. The van der Waals surface area contributed by atoms with Crippen LogP contribution in [0.25, 0.3) is 0 Å². The zero-order valence-electron chi connectivity index (χ0n) is 15.1. The molecule has 0 fully saturated rings. The van der Waals surface area contributed by atoms with Gasteiger partial charge in [-0.25, -0.2) is 8.42 Å². The maximum Gasteiger partial charge on any atom is 0.239 e. The summed E-state index contributed by atoms with van der Waals surface area (Å²) in [5.41, 5.74) is 1.54. The van der Waals surface area contributed by atoms with Gasteiger partial charge in [0.05, 0.1) is 12.8 Å². The van der Waals surface area contributed by atoms with Gasteiger partial charge in [0, 0.05) is 18.3 Å². The molecule has 8 heteroatoms. The first-order valence-electron chi connectivity index (χ1n) is 8.60. The van der Waals surface area contributed by atoms with Gasteiger partial charge < -0.3 is 14.8 Å². The van der Waals surface area contributed by atoms with Gasteiger partial charge in [-0.3, -0.25) is 4.79 Å². The largest absolute Gasteiger partial charge is 0.486 e. The summed E-state index contributed by atoms with van der Waals surface area (Å²) in [5.74, 6) is 0.771. The Labute approximate surface area is 158 Å². The highest BCUT2D eigenvalue weighted by Gasteiger charge is 2.20. The van der Waals surface area contributed by atoms with E-state index in [0.717, 1.165) is 11.8 Å². The molecular formula is C19H22N2O5S. The SMILES string of the molecule is CS(=O)(=O)N(CCc1ccccc1)CC(=O)Nc1ccc2c(c1)OCCO2. The van der Waals surface area contributed by atoms with Gasteiger partial charge in [0.25, 0.3) is 0 Å². The van der Waals surface area contributed by atoms with Crippen molar-refractivity contribution in [3.05, 3.63) is 54.1 Å². The lowest BCUT2D eigenvalue weighted by Crippen LogP contribution is -2.38. The van der Waals surface area contributed by atoms with Crippen LogP contribution in [0.15, 0.2) is 48.5 Å². The minimum absolute atomic E-state index is 0.234. The molecule has 2 aromatic carbocycles. The molecule has 1 heterocycles. The van der Waals surface area contributed by atoms with E-state index in [0.29, 0.717) is 36.8 Å². The smallest absolute Gasteiger partial charge is 0.239 e. The molecule has 0 radical (unpaired) electrons. The number of amides is 1. The Morgan fingerprint density at radius 1 is 1.07 bits per heavy atom. The van der Waals surface area contributed by atoms with E-state index in [1.807, 2.05) is 30.3 Å². The number of hydrogen-bond acceptors (Lipinski definition) is 5. The predicted molar refractivity (Wildman–Crippen MR) is 103 cm³/mol. The van der Waals surface area contributed by atoms with E-state index in [1.54, 1.807) is 18.2 Å². The molecule has 0 aliphatic carbocycles. The second kappa shape index (κ2) is 8.41. The fourth-order valence-electron chi connectivity index (χ4n) is 2.74. The van der Waals surface area contributed by atoms with Crippen molar-refractivity contribution in [3.8, 4) is 11.5 Å². The van der Waals surface area contributed by atoms with Gasteiger partial charge in [-0.15, -0.1) is 0 Å². The topological polar surface area (TPSA) is 84.9 Å². The van der Waals surface area contributed by atoms with Crippen LogP contribution in [-0.2, 0) is 21.2 Å². The molecule has 1 aliphatic rings. The first-order valence-corrected chi connectivity index (χ1v) is 10.5. The Balaban J connectivity index is 1.62. The number of carbonyl (C=O) groups excluding carboxylic acids is 1. The molecule has 0 spiro atoms. The summed E-state index contributed by atoms with van der Waals surface area (Å²) in [5, 5.41) is 2.71. The number of nitrogens with zero attached hydrogens (tertiary/aromatic N) is 1. The van der Waals surface area contributed by atoms with Crippen LogP contribution in [0.4, 0.5) is 5.69 Å². The van der Waals surface area contributed by atoms with Crippen LogP contribution in [-0.4, -0.2) is 51.2 Å². The molecule has 0 bridgehead atoms. The van der Waals surface area contributed by atoms with E-state index < -0.39 is 15.9 Å². The number of nitrogens with one attached hydrogen (secondary N) is 1. The van der Waals surface area contributed by atoms with Gasteiger partial charge >= 0.3 is 0 Å². The quantitative estimate of drug-likeness (QED) is 0.781. The summed E-state index contributed by atoms with van der Waals surface area (Å²) in [4.78, 5) is 12.4. The molecular weight excluding hydrogens is 368 g/mol. The Morgan fingerprint density at radius 3 is 2.48 bits per heavy atom. The zero-order valence-corrected chi connectivity index (χ0v) is 15.9. The van der Waals surface area contributed by atoms with Crippen LogP contribution in [0, 0.1) is 0 Å². The molecule has 0 aromatic heterocycles. The van der Waals surface area contributed by atoms with Crippen molar-refractivity contribution < 1.29 is 22.7 Å². The molecule has 0 unspecified atom stereocenters. The van der Waals surface area contributed by atoms with Crippen molar-refractivity contribution in [1.29, 1.82) is 0 Å². The van der Waals surface area contributed by atoms with Gasteiger partial charge in [-0.05, 0) is 24.1 Å². The molecule has 1 N–H and O–H groups in total. The number of fused-ring (bicyclic) bond motifs is 1. The first-order chi connectivity index (χ1) is 12.9. The van der Waals surface area contributed by atoms with Crippen molar-refractivity contribution in [2.45, 2.75) is 6.42 Å². The normalized spacial score (nSPS) is 13.4. The van der Waals surface area contributed by atoms with Crippen LogP contribution in [0.5, 0.6) is 11.5 Å². The van der Waals surface area contributed by atoms with Gasteiger partial charge in [-0.2, -0.15) is 4.31 Å². The lowest BCUT2D eigenvalue weighted by atomic mass is 10.1. The van der Waals surface area contributed by atoms with Gasteiger partial charge in [0.1, 0.15) is 13.2 Å². The number of benzene rings is 2. The summed E-state index contributed by atoms with van der Waals surface area (Å²) < 4.78 is 36.2. The zero-order chi connectivity index (χ0) is 19.3. The highest BCUT2D eigenvalue weighted by Crippen LogP contribution is 2.32. The number of hydrogen-bond donors (Lipinski definition) is 1. The van der Waals surface area contributed by atoms with Crippen molar-refractivity contribution in [2.24, 2.45) is 0 Å². The molecule has 144 valence electrons. The lowest BCUT2D eigenvalue weighted by molar-refractivity contribution is -0.116. The summed E-state index contributed by atoms with van der Waals surface area (Å²) >= 11 is 0. The Bertz CT molecular complexity index is 900. The summed E-state index contributed by atoms with van der Waals surface area (Å²) in [7, 11) is -3.51. The molecule has 27 heavy (non-hydrogen) atoms. The fourth-order valence-corrected chi connectivity index (χ4v) is 3.52. The molecule has 1 aliphatic heterocycles. The molecule has 7 nitrogen and oxygen atoms in total. The highest BCUT2D eigenvalue weighted by atomic mass is 32.2. The minimum Gasteiger partial charge on any atom is -0.486 e. The van der Waals surface area contributed by atoms with E-state index in [1.165, 1.54) is 4.31 Å². The van der Waals surface area contributed by atoms with E-state index in [-0.39, 0.29) is 13.1 Å². The number of carbonyl (C=O) groups is 1. The third-order valence-corrected chi connectivity index (χ3v) is 5.36. The minimum atomic E-state index is -3.51. The second-order valence-corrected chi connectivity index (χ2v) is 8.22. The van der Waals surface area contributed by atoms with Crippen LogP contribution in [0.2, 0.25) is 0 Å². The van der Waals surface area contributed by atoms with E-state index in [2.05, 4.69) is 5.32 Å². The third kappa shape index (κ3) is 5.45. The Kier molecular flexibility index (Phi) is 5.98. The van der Waals surface area contributed by atoms with Crippen molar-refractivity contribution in [3.63, 3.8) is 0 Å². The van der Waals surface area contributed by atoms with E-state index in [9.17, 15) is 13.2 Å². The Morgan fingerprint density at radius 2 is 1.78 bits per heavy atom. The van der Waals surface area contributed by atoms with Crippen LogP contribution in [0.3, 0.4) is 0 Å². The van der Waals surface area contributed by atoms with Crippen molar-refractivity contribution >= 4 is 21.6 Å². The van der Waals surface area contributed by atoms with E-state index >= 15 is 0 Å². The summed E-state index contributed by atoms with van der Waals surface area (Å²) in [6, 6.07) is 14.6. The second-order valence-electron chi connectivity index (χ2n) is 6.24. The Hall–Kier alpha value is -2.58. The highest BCUT2D eigenvalue weighted by molar-refractivity contribution is 7.88. The number of rotatable bonds is 7. The lowest BCUT2D eigenvalue weighted by Gasteiger charge is -2.21. The maximum atomic E-state index is 12.4. The monoisotopic (exact) mass is 390 g/mol. The van der Waals surface area contributed by atoms with Gasteiger partial charge in [0.2, 0.25) is 15.9 Å². The molecule has 0 atom stereocenters. The fraction of sp³-hybridized carbons (Fsp3) is 0.316. The number of ether oxygens (including phenoxy) is 2. The molecule has 3 rings (SSSR count). The standard InChI is InChI=1S/C19H22N2O5S/c1-27(23,24)21(10-9-15-5-3-2-4-6-15)14-19(22)20-16-7-8-17-18(13-16)26-12-11-25-17/h2-8,13H,9-12,14H2,1H3,(H,20,22). The van der Waals surface area contributed by atoms with Crippen molar-refractivity contribution in [2.75, 3.05) is 37.9 Å². The number of sulfonamides is 1. The first kappa shape index (κ1) is 19.2. The molecule has 0 saturated heterocycles. The van der Waals surface area contributed by atoms with Crippen LogP contribution < -0.4 is 14.8 Å². The molecule has 1 amide bonds. The average Bonchev–Trinajstić information content (AvgIpc) is 2.65. The van der Waals surface area contributed by atoms with Crippen molar-refractivity contribution in [1.82, 2.24) is 4.31 Å². The third-order valence-electron chi connectivity index (χ3n) is 4.11. The van der Waals surface area contributed by atoms with Crippen LogP contribution >= 0.6 is 0 Å². The van der Waals surface area contributed by atoms with Crippen LogP contribution in [0.1, 0.15) is 5.56 Å². The average molecular weight is 390 g/mol. The molecule has 2 aromatic rings. The van der Waals surface area contributed by atoms with Gasteiger partial charge in [-0.1, -0.05) is 30.3 Å². The number of anilines is 1.